The highest BCUT2D eigenvalue weighted by Gasteiger charge is 2.18. The van der Waals surface area contributed by atoms with E-state index in [9.17, 15) is 0 Å². The summed E-state index contributed by atoms with van der Waals surface area (Å²) in [7, 11) is 0. The third-order valence-electron chi connectivity index (χ3n) is 3.13. The Bertz CT molecular complexity index is 713. The zero-order valence-corrected chi connectivity index (χ0v) is 11.6. The first kappa shape index (κ1) is 12.0. The molecule has 1 aliphatic heterocycles. The molecular weight excluding hydrogens is 302 g/mol. The highest BCUT2D eigenvalue weighted by Crippen LogP contribution is 2.37. The van der Waals surface area contributed by atoms with Gasteiger partial charge in [-0.2, -0.15) is 5.26 Å². The SMILES string of the molecule is N#CC=C1c2ccc(Br)cc2COc2ccccc21. The van der Waals surface area contributed by atoms with E-state index in [1.807, 2.05) is 42.5 Å². The normalized spacial score (nSPS) is 14.8. The van der Waals surface area contributed by atoms with Crippen molar-refractivity contribution in [3.63, 3.8) is 0 Å². The number of hydrogen-bond donors (Lipinski definition) is 0. The molecule has 0 aliphatic carbocycles. The van der Waals surface area contributed by atoms with Crippen LogP contribution in [0.3, 0.4) is 0 Å². The quantitative estimate of drug-likeness (QED) is 0.680. The Kier molecular flexibility index (Phi) is 3.10. The fraction of sp³-hybridized carbons (Fsp3) is 0.0625. The fourth-order valence-electron chi connectivity index (χ4n) is 2.28. The standard InChI is InChI=1S/C16H10BrNO/c17-12-5-6-13-11(9-12)10-19-16-4-2-1-3-15(16)14(13)7-8-18/h1-7,9H,10H2. The van der Waals surface area contributed by atoms with E-state index in [0.717, 1.165) is 32.5 Å². The number of hydrogen-bond acceptors (Lipinski definition) is 2. The Morgan fingerprint density at radius 3 is 2.84 bits per heavy atom. The average molecular weight is 312 g/mol. The summed E-state index contributed by atoms with van der Waals surface area (Å²) in [6.45, 7) is 0.508. The number of fused-ring (bicyclic) bond motifs is 2. The van der Waals surface area contributed by atoms with Crippen molar-refractivity contribution < 1.29 is 4.74 Å². The van der Waals surface area contributed by atoms with Gasteiger partial charge in [-0.3, -0.25) is 0 Å². The zero-order chi connectivity index (χ0) is 13.2. The second-order valence-electron chi connectivity index (χ2n) is 4.27. The molecule has 1 aliphatic rings. The second kappa shape index (κ2) is 4.91. The summed E-state index contributed by atoms with van der Waals surface area (Å²) in [5.74, 6) is 0.816. The third kappa shape index (κ3) is 2.16. The maximum Gasteiger partial charge on any atom is 0.127 e. The van der Waals surface area contributed by atoms with E-state index in [-0.39, 0.29) is 0 Å². The minimum atomic E-state index is 0.508. The first-order chi connectivity index (χ1) is 9.29. The van der Waals surface area contributed by atoms with Gasteiger partial charge in [0.1, 0.15) is 12.4 Å². The summed E-state index contributed by atoms with van der Waals surface area (Å²) < 4.78 is 6.85. The van der Waals surface area contributed by atoms with Gasteiger partial charge in [0, 0.05) is 21.7 Å². The summed E-state index contributed by atoms with van der Waals surface area (Å²) in [5.41, 5.74) is 4.00. The first-order valence-corrected chi connectivity index (χ1v) is 6.69. The van der Waals surface area contributed by atoms with E-state index in [4.69, 9.17) is 10.00 Å². The minimum absolute atomic E-state index is 0.508. The van der Waals surface area contributed by atoms with Crippen LogP contribution in [0, 0.1) is 11.3 Å². The van der Waals surface area contributed by atoms with E-state index in [1.54, 1.807) is 6.08 Å². The number of nitrogens with zero attached hydrogens (tertiary/aromatic N) is 1. The monoisotopic (exact) mass is 311 g/mol. The number of para-hydroxylation sites is 1. The summed E-state index contributed by atoms with van der Waals surface area (Å²) in [4.78, 5) is 0. The largest absolute Gasteiger partial charge is 0.488 e. The number of benzene rings is 2. The molecule has 0 atom stereocenters. The molecule has 0 radical (unpaired) electrons. The predicted octanol–water partition coefficient (Wildman–Crippen LogP) is 4.30. The van der Waals surface area contributed by atoms with Gasteiger partial charge in [-0.15, -0.1) is 0 Å². The van der Waals surface area contributed by atoms with E-state index in [1.165, 1.54) is 0 Å². The van der Waals surface area contributed by atoms with Crippen molar-refractivity contribution >= 4 is 21.5 Å². The van der Waals surface area contributed by atoms with Gasteiger partial charge in [-0.25, -0.2) is 0 Å². The molecule has 2 nitrogen and oxygen atoms in total. The van der Waals surface area contributed by atoms with Crippen molar-refractivity contribution in [1.82, 2.24) is 0 Å². The molecule has 2 aromatic rings. The molecule has 0 unspecified atom stereocenters. The lowest BCUT2D eigenvalue weighted by Crippen LogP contribution is -1.95. The number of halogens is 1. The van der Waals surface area contributed by atoms with Crippen LogP contribution in [-0.2, 0) is 6.61 Å². The van der Waals surface area contributed by atoms with E-state index in [0.29, 0.717) is 6.61 Å². The van der Waals surface area contributed by atoms with E-state index in [2.05, 4.69) is 22.0 Å². The van der Waals surface area contributed by atoms with Gasteiger partial charge in [0.05, 0.1) is 6.07 Å². The van der Waals surface area contributed by atoms with Gasteiger partial charge < -0.3 is 4.74 Å². The summed E-state index contributed by atoms with van der Waals surface area (Å²) in [6, 6.07) is 16.0. The van der Waals surface area contributed by atoms with Crippen molar-refractivity contribution in [1.29, 1.82) is 5.26 Å². The van der Waals surface area contributed by atoms with Crippen LogP contribution in [-0.4, -0.2) is 0 Å². The lowest BCUT2D eigenvalue weighted by molar-refractivity contribution is 0.307. The molecule has 19 heavy (non-hydrogen) atoms. The molecule has 0 N–H and O–H groups in total. The second-order valence-corrected chi connectivity index (χ2v) is 5.19. The topological polar surface area (TPSA) is 33.0 Å². The Hall–Kier alpha value is -2.05. The van der Waals surface area contributed by atoms with Crippen molar-refractivity contribution in [2.75, 3.05) is 0 Å². The number of allylic oxidation sites excluding steroid dienone is 1. The number of rotatable bonds is 0. The third-order valence-corrected chi connectivity index (χ3v) is 3.62. The smallest absolute Gasteiger partial charge is 0.127 e. The molecule has 0 amide bonds. The average Bonchev–Trinajstić information content (AvgIpc) is 2.57. The van der Waals surface area contributed by atoms with Gasteiger partial charge in [-0.05, 0) is 29.3 Å². The van der Waals surface area contributed by atoms with E-state index >= 15 is 0 Å². The Morgan fingerprint density at radius 2 is 2.00 bits per heavy atom. The molecule has 0 fully saturated rings. The van der Waals surface area contributed by atoms with Crippen molar-refractivity contribution in [3.05, 3.63) is 69.7 Å². The van der Waals surface area contributed by atoms with Gasteiger partial charge in [0.25, 0.3) is 0 Å². The highest BCUT2D eigenvalue weighted by atomic mass is 79.9. The van der Waals surface area contributed by atoms with Crippen LogP contribution in [0.15, 0.2) is 53.0 Å². The molecular formula is C16H10BrNO. The molecule has 3 heteroatoms. The van der Waals surface area contributed by atoms with Crippen LogP contribution >= 0.6 is 15.9 Å². The molecule has 0 spiro atoms. The molecule has 0 aromatic heterocycles. The van der Waals surface area contributed by atoms with E-state index < -0.39 is 0 Å². The molecule has 3 rings (SSSR count). The van der Waals surface area contributed by atoms with Crippen LogP contribution in [0.1, 0.15) is 16.7 Å². The van der Waals surface area contributed by atoms with Gasteiger partial charge in [0.2, 0.25) is 0 Å². The summed E-state index contributed by atoms with van der Waals surface area (Å²) in [6.07, 6.45) is 1.58. The van der Waals surface area contributed by atoms with Crippen molar-refractivity contribution in [2.45, 2.75) is 6.61 Å². The summed E-state index contributed by atoms with van der Waals surface area (Å²) >= 11 is 3.47. The molecule has 0 saturated carbocycles. The lowest BCUT2D eigenvalue weighted by Gasteiger charge is -2.08. The highest BCUT2D eigenvalue weighted by molar-refractivity contribution is 9.10. The van der Waals surface area contributed by atoms with Gasteiger partial charge >= 0.3 is 0 Å². The van der Waals surface area contributed by atoms with Crippen LogP contribution in [0.4, 0.5) is 0 Å². The Morgan fingerprint density at radius 1 is 1.16 bits per heavy atom. The van der Waals surface area contributed by atoms with Gasteiger partial charge in [0.15, 0.2) is 0 Å². The first-order valence-electron chi connectivity index (χ1n) is 5.90. The molecule has 2 aromatic carbocycles. The minimum Gasteiger partial charge on any atom is -0.488 e. The number of ether oxygens (including phenoxy) is 1. The molecule has 92 valence electrons. The number of nitriles is 1. The van der Waals surface area contributed by atoms with Crippen LogP contribution in [0.2, 0.25) is 0 Å². The Labute approximate surface area is 120 Å². The Balaban J connectivity index is 2.28. The maximum atomic E-state index is 9.04. The van der Waals surface area contributed by atoms with Crippen LogP contribution in [0.5, 0.6) is 5.75 Å². The van der Waals surface area contributed by atoms with Crippen LogP contribution < -0.4 is 4.74 Å². The summed E-state index contributed by atoms with van der Waals surface area (Å²) in [5, 5.41) is 9.04. The lowest BCUT2D eigenvalue weighted by atomic mass is 9.94. The van der Waals surface area contributed by atoms with Crippen molar-refractivity contribution in [2.24, 2.45) is 0 Å². The fourth-order valence-corrected chi connectivity index (χ4v) is 2.69. The van der Waals surface area contributed by atoms with Gasteiger partial charge in [-0.1, -0.05) is 40.2 Å². The molecule has 0 saturated heterocycles. The van der Waals surface area contributed by atoms with Crippen LogP contribution in [0.25, 0.3) is 5.57 Å². The zero-order valence-electron chi connectivity index (χ0n) is 10.1. The predicted molar refractivity (Wildman–Crippen MR) is 77.6 cm³/mol. The van der Waals surface area contributed by atoms with Crippen molar-refractivity contribution in [3.8, 4) is 11.8 Å². The molecule has 0 bridgehead atoms. The maximum absolute atomic E-state index is 9.04. The molecule has 1 heterocycles.